The number of hydrogen-bond donors (Lipinski definition) is 1. The molecular weight excluding hydrogens is 314 g/mol. The van der Waals surface area contributed by atoms with Crippen LogP contribution >= 0.6 is 0 Å². The van der Waals surface area contributed by atoms with E-state index >= 15 is 0 Å². The van der Waals surface area contributed by atoms with Gasteiger partial charge < -0.3 is 10.1 Å². The SMILES string of the molecule is CC(C)n1ncc(Nc2nccc(Oc3ccccc3)n2)c1C1CC1. The summed E-state index contributed by atoms with van der Waals surface area (Å²) >= 11 is 0. The van der Waals surface area contributed by atoms with E-state index in [1.165, 1.54) is 18.5 Å². The molecule has 1 aromatic carbocycles. The zero-order chi connectivity index (χ0) is 17.2. The molecule has 0 unspecified atom stereocenters. The van der Waals surface area contributed by atoms with Crippen molar-refractivity contribution in [3.05, 3.63) is 54.5 Å². The fourth-order valence-electron chi connectivity index (χ4n) is 2.83. The van der Waals surface area contributed by atoms with E-state index in [1.54, 1.807) is 12.3 Å². The summed E-state index contributed by atoms with van der Waals surface area (Å²) in [5.41, 5.74) is 2.22. The predicted octanol–water partition coefficient (Wildman–Crippen LogP) is 4.67. The van der Waals surface area contributed by atoms with Gasteiger partial charge in [-0.1, -0.05) is 18.2 Å². The van der Waals surface area contributed by atoms with Crippen molar-refractivity contribution in [1.82, 2.24) is 19.7 Å². The molecule has 1 N–H and O–H groups in total. The van der Waals surface area contributed by atoms with Crippen LogP contribution in [0.25, 0.3) is 0 Å². The highest BCUT2D eigenvalue weighted by atomic mass is 16.5. The number of hydrogen-bond acceptors (Lipinski definition) is 5. The average molecular weight is 335 g/mol. The molecule has 0 radical (unpaired) electrons. The summed E-state index contributed by atoms with van der Waals surface area (Å²) in [5.74, 6) is 2.35. The summed E-state index contributed by atoms with van der Waals surface area (Å²) in [6.45, 7) is 4.29. The molecule has 25 heavy (non-hydrogen) atoms. The van der Waals surface area contributed by atoms with Gasteiger partial charge in [0.25, 0.3) is 0 Å². The fraction of sp³-hybridized carbons (Fsp3) is 0.316. The molecule has 0 aliphatic heterocycles. The van der Waals surface area contributed by atoms with Gasteiger partial charge in [0.05, 0.1) is 17.6 Å². The van der Waals surface area contributed by atoms with Gasteiger partial charge in [-0.3, -0.25) is 4.68 Å². The van der Waals surface area contributed by atoms with Crippen molar-refractivity contribution in [3.8, 4) is 11.6 Å². The van der Waals surface area contributed by atoms with Crippen LogP contribution in [-0.4, -0.2) is 19.7 Å². The quantitative estimate of drug-likeness (QED) is 0.709. The minimum Gasteiger partial charge on any atom is -0.439 e. The first kappa shape index (κ1) is 15.6. The van der Waals surface area contributed by atoms with Crippen molar-refractivity contribution in [1.29, 1.82) is 0 Å². The van der Waals surface area contributed by atoms with Gasteiger partial charge in [0.1, 0.15) is 5.75 Å². The molecule has 1 saturated carbocycles. The van der Waals surface area contributed by atoms with Gasteiger partial charge in [0.2, 0.25) is 11.8 Å². The third-order valence-electron chi connectivity index (χ3n) is 4.13. The fourth-order valence-corrected chi connectivity index (χ4v) is 2.83. The lowest BCUT2D eigenvalue weighted by Crippen LogP contribution is -2.08. The van der Waals surface area contributed by atoms with Crippen molar-refractivity contribution in [3.63, 3.8) is 0 Å². The maximum atomic E-state index is 5.78. The largest absolute Gasteiger partial charge is 0.439 e. The molecule has 0 spiro atoms. The first-order valence-corrected chi connectivity index (χ1v) is 8.61. The highest BCUT2D eigenvalue weighted by Gasteiger charge is 2.31. The van der Waals surface area contributed by atoms with Crippen LogP contribution in [-0.2, 0) is 0 Å². The Morgan fingerprint density at radius 2 is 1.96 bits per heavy atom. The number of nitrogens with zero attached hydrogens (tertiary/aromatic N) is 4. The van der Waals surface area contributed by atoms with Crippen molar-refractivity contribution in [2.75, 3.05) is 5.32 Å². The van der Waals surface area contributed by atoms with E-state index in [1.807, 2.05) is 36.5 Å². The second-order valence-corrected chi connectivity index (χ2v) is 6.51. The molecule has 1 aliphatic rings. The molecule has 6 nitrogen and oxygen atoms in total. The van der Waals surface area contributed by atoms with E-state index in [-0.39, 0.29) is 0 Å². The third-order valence-corrected chi connectivity index (χ3v) is 4.13. The zero-order valence-corrected chi connectivity index (χ0v) is 14.4. The molecule has 6 heteroatoms. The monoisotopic (exact) mass is 335 g/mol. The molecular formula is C19H21N5O. The molecule has 128 valence electrons. The number of rotatable bonds is 6. The molecule has 0 amide bonds. The molecule has 1 aliphatic carbocycles. The summed E-state index contributed by atoms with van der Waals surface area (Å²) in [7, 11) is 0. The third kappa shape index (κ3) is 3.47. The van der Waals surface area contributed by atoms with Crippen molar-refractivity contribution in [2.24, 2.45) is 0 Å². The van der Waals surface area contributed by atoms with E-state index in [0.717, 1.165) is 11.4 Å². The number of anilines is 2. The number of nitrogens with one attached hydrogen (secondary N) is 1. The Morgan fingerprint density at radius 3 is 2.68 bits per heavy atom. The normalized spacial score (nSPS) is 13.9. The van der Waals surface area contributed by atoms with Gasteiger partial charge in [0.15, 0.2) is 0 Å². The molecule has 2 aromatic heterocycles. The standard InChI is InChI=1S/C19H21N5O/c1-13(2)24-18(14-8-9-14)16(12-21-24)22-19-20-11-10-17(23-19)25-15-6-4-3-5-7-15/h3-7,10-14H,8-9H2,1-2H3,(H,20,22,23). The van der Waals surface area contributed by atoms with Crippen molar-refractivity contribution in [2.45, 2.75) is 38.6 Å². The van der Waals surface area contributed by atoms with Crippen LogP contribution < -0.4 is 10.1 Å². The lowest BCUT2D eigenvalue weighted by molar-refractivity contribution is 0.462. The number of para-hydroxylation sites is 1. The molecule has 2 heterocycles. The first-order valence-electron chi connectivity index (χ1n) is 8.61. The molecule has 4 rings (SSSR count). The van der Waals surface area contributed by atoms with Crippen molar-refractivity contribution >= 4 is 11.6 Å². The second kappa shape index (κ2) is 6.55. The first-order chi connectivity index (χ1) is 12.2. The lowest BCUT2D eigenvalue weighted by atomic mass is 10.2. The Bertz CT molecular complexity index is 855. The van der Waals surface area contributed by atoms with Gasteiger partial charge >= 0.3 is 0 Å². The summed E-state index contributed by atoms with van der Waals surface area (Å²) in [6, 6.07) is 11.7. The van der Waals surface area contributed by atoms with Gasteiger partial charge in [-0.05, 0) is 38.8 Å². The minimum atomic E-state index is 0.333. The summed E-state index contributed by atoms with van der Waals surface area (Å²) < 4.78 is 7.87. The Morgan fingerprint density at radius 1 is 1.16 bits per heavy atom. The second-order valence-electron chi connectivity index (χ2n) is 6.51. The van der Waals surface area contributed by atoms with Gasteiger partial charge in [-0.2, -0.15) is 10.1 Å². The number of benzene rings is 1. The lowest BCUT2D eigenvalue weighted by Gasteiger charge is -2.12. The van der Waals surface area contributed by atoms with Gasteiger partial charge in [0, 0.05) is 24.2 Å². The average Bonchev–Trinajstić information content (AvgIpc) is 3.36. The maximum absolute atomic E-state index is 5.78. The van der Waals surface area contributed by atoms with Crippen molar-refractivity contribution < 1.29 is 4.74 Å². The van der Waals surface area contributed by atoms with Crippen LogP contribution in [0.3, 0.4) is 0 Å². The Hall–Kier alpha value is -2.89. The van der Waals surface area contributed by atoms with Crippen LogP contribution in [0.1, 0.15) is 44.3 Å². The van der Waals surface area contributed by atoms with Crippen LogP contribution in [0.4, 0.5) is 11.6 Å². The van der Waals surface area contributed by atoms with E-state index in [4.69, 9.17) is 4.74 Å². The molecule has 3 aromatic rings. The minimum absolute atomic E-state index is 0.333. The molecule has 0 atom stereocenters. The Balaban J connectivity index is 1.56. The topological polar surface area (TPSA) is 64.9 Å². The highest BCUT2D eigenvalue weighted by Crippen LogP contribution is 2.44. The van der Waals surface area contributed by atoms with Crippen LogP contribution in [0.15, 0.2) is 48.8 Å². The highest BCUT2D eigenvalue weighted by molar-refractivity contribution is 5.57. The smallest absolute Gasteiger partial charge is 0.230 e. The summed E-state index contributed by atoms with van der Waals surface area (Å²) in [6.07, 6.45) is 5.98. The van der Waals surface area contributed by atoms with Gasteiger partial charge in [-0.15, -0.1) is 0 Å². The molecule has 0 saturated heterocycles. The number of ether oxygens (including phenoxy) is 1. The van der Waals surface area contributed by atoms with E-state index in [2.05, 4.69) is 38.9 Å². The van der Waals surface area contributed by atoms with Crippen LogP contribution in [0.5, 0.6) is 11.6 Å². The van der Waals surface area contributed by atoms with Crippen LogP contribution in [0, 0.1) is 0 Å². The molecule has 1 fully saturated rings. The predicted molar refractivity (Wildman–Crippen MR) is 96.4 cm³/mol. The maximum Gasteiger partial charge on any atom is 0.230 e. The Kier molecular flexibility index (Phi) is 4.09. The number of aromatic nitrogens is 4. The zero-order valence-electron chi connectivity index (χ0n) is 14.4. The summed E-state index contributed by atoms with van der Waals surface area (Å²) in [5, 5.41) is 7.84. The Labute approximate surface area is 146 Å². The van der Waals surface area contributed by atoms with E-state index in [0.29, 0.717) is 23.8 Å². The van der Waals surface area contributed by atoms with Gasteiger partial charge in [-0.25, -0.2) is 4.98 Å². The summed E-state index contributed by atoms with van der Waals surface area (Å²) in [4.78, 5) is 8.77. The molecule has 0 bridgehead atoms. The van der Waals surface area contributed by atoms with Crippen LogP contribution in [0.2, 0.25) is 0 Å². The van der Waals surface area contributed by atoms with E-state index < -0.39 is 0 Å². The van der Waals surface area contributed by atoms with E-state index in [9.17, 15) is 0 Å².